The van der Waals surface area contributed by atoms with E-state index in [0.29, 0.717) is 12.0 Å². The van der Waals surface area contributed by atoms with Crippen molar-refractivity contribution in [1.82, 2.24) is 24.4 Å². The van der Waals surface area contributed by atoms with Crippen molar-refractivity contribution >= 4 is 0 Å². The van der Waals surface area contributed by atoms with E-state index in [4.69, 9.17) is 0 Å². The second-order valence-electron chi connectivity index (χ2n) is 6.94. The second-order valence-corrected chi connectivity index (χ2v) is 6.94. The molecule has 0 spiro atoms. The highest BCUT2D eigenvalue weighted by molar-refractivity contribution is 5.52. The molecule has 3 heterocycles. The molecule has 0 bridgehead atoms. The first-order chi connectivity index (χ1) is 11.0. The zero-order valence-electron chi connectivity index (χ0n) is 14.7. The molecule has 0 N–H and O–H groups in total. The second kappa shape index (κ2) is 6.79. The van der Waals surface area contributed by atoms with Gasteiger partial charge in [-0.1, -0.05) is 0 Å². The Bertz CT molecular complexity index is 644. The summed E-state index contributed by atoms with van der Waals surface area (Å²) in [4.78, 5) is 16.2. The van der Waals surface area contributed by atoms with Crippen molar-refractivity contribution in [2.75, 3.05) is 13.1 Å². The van der Waals surface area contributed by atoms with E-state index in [9.17, 15) is 0 Å². The van der Waals surface area contributed by atoms with E-state index in [-0.39, 0.29) is 0 Å². The SMILES string of the molecule is Cc1ncc(-c2cnc(C[C@H]3CCCN(C(C)C)C3)cn2)n1C. The Morgan fingerprint density at radius 3 is 2.61 bits per heavy atom. The lowest BCUT2D eigenvalue weighted by atomic mass is 9.93. The summed E-state index contributed by atoms with van der Waals surface area (Å²) in [6.07, 6.45) is 9.30. The Hall–Kier alpha value is -1.75. The van der Waals surface area contributed by atoms with E-state index in [1.54, 1.807) is 0 Å². The Kier molecular flexibility index (Phi) is 4.76. The van der Waals surface area contributed by atoms with Crippen LogP contribution in [-0.2, 0) is 13.5 Å². The predicted molar refractivity (Wildman–Crippen MR) is 92.1 cm³/mol. The Balaban J connectivity index is 1.67. The molecule has 1 aliphatic heterocycles. The van der Waals surface area contributed by atoms with Crippen molar-refractivity contribution in [2.24, 2.45) is 13.0 Å². The molecule has 3 rings (SSSR count). The van der Waals surface area contributed by atoms with Crippen molar-refractivity contribution < 1.29 is 0 Å². The molecule has 1 fully saturated rings. The molecule has 5 heteroatoms. The number of nitrogens with zero attached hydrogens (tertiary/aromatic N) is 5. The highest BCUT2D eigenvalue weighted by atomic mass is 15.2. The molecule has 0 saturated carbocycles. The molecular formula is C18H27N5. The molecule has 1 atom stereocenters. The number of hydrogen-bond donors (Lipinski definition) is 0. The molecule has 124 valence electrons. The predicted octanol–water partition coefficient (Wildman–Crippen LogP) is 2.85. The van der Waals surface area contributed by atoms with Crippen LogP contribution in [0.3, 0.4) is 0 Å². The monoisotopic (exact) mass is 313 g/mol. The summed E-state index contributed by atoms with van der Waals surface area (Å²) >= 11 is 0. The number of imidazole rings is 1. The van der Waals surface area contributed by atoms with Gasteiger partial charge in [0.15, 0.2) is 0 Å². The van der Waals surface area contributed by atoms with E-state index in [2.05, 4.69) is 33.7 Å². The van der Waals surface area contributed by atoms with Gasteiger partial charge in [0, 0.05) is 25.8 Å². The average Bonchev–Trinajstić information content (AvgIpc) is 2.88. The molecule has 0 aliphatic carbocycles. The Morgan fingerprint density at radius 2 is 2.00 bits per heavy atom. The highest BCUT2D eigenvalue weighted by Crippen LogP contribution is 2.22. The zero-order valence-corrected chi connectivity index (χ0v) is 14.7. The van der Waals surface area contributed by atoms with Crippen LogP contribution in [0.2, 0.25) is 0 Å². The van der Waals surface area contributed by atoms with Crippen molar-refractivity contribution in [2.45, 2.75) is 46.1 Å². The summed E-state index contributed by atoms with van der Waals surface area (Å²) in [6, 6.07) is 0.638. The minimum absolute atomic E-state index is 0.638. The van der Waals surface area contributed by atoms with Gasteiger partial charge >= 0.3 is 0 Å². The summed E-state index contributed by atoms with van der Waals surface area (Å²) in [5.74, 6) is 1.69. The van der Waals surface area contributed by atoms with Crippen LogP contribution in [0.1, 0.15) is 38.2 Å². The largest absolute Gasteiger partial charge is 0.330 e. The minimum atomic E-state index is 0.638. The maximum absolute atomic E-state index is 4.65. The zero-order chi connectivity index (χ0) is 16.4. The van der Waals surface area contributed by atoms with Crippen molar-refractivity contribution in [3.05, 3.63) is 30.1 Å². The van der Waals surface area contributed by atoms with Crippen molar-refractivity contribution in [3.8, 4) is 11.4 Å². The van der Waals surface area contributed by atoms with Gasteiger partial charge < -0.3 is 9.47 Å². The maximum Gasteiger partial charge on any atom is 0.107 e. The summed E-state index contributed by atoms with van der Waals surface area (Å²) in [5, 5.41) is 0. The van der Waals surface area contributed by atoms with Gasteiger partial charge in [0.05, 0.1) is 23.8 Å². The van der Waals surface area contributed by atoms with Gasteiger partial charge in [0.2, 0.25) is 0 Å². The third-order valence-corrected chi connectivity index (χ3v) is 4.97. The number of piperidine rings is 1. The van der Waals surface area contributed by atoms with Crippen LogP contribution in [0.4, 0.5) is 0 Å². The molecular weight excluding hydrogens is 286 g/mol. The van der Waals surface area contributed by atoms with Crippen LogP contribution < -0.4 is 0 Å². The van der Waals surface area contributed by atoms with Crippen LogP contribution in [0, 0.1) is 12.8 Å². The lowest BCUT2D eigenvalue weighted by Crippen LogP contribution is -2.40. The smallest absolute Gasteiger partial charge is 0.107 e. The van der Waals surface area contributed by atoms with Gasteiger partial charge in [-0.2, -0.15) is 0 Å². The van der Waals surface area contributed by atoms with Gasteiger partial charge in [-0.3, -0.25) is 9.97 Å². The van der Waals surface area contributed by atoms with E-state index in [0.717, 1.165) is 29.3 Å². The fourth-order valence-corrected chi connectivity index (χ4v) is 3.36. The summed E-state index contributed by atoms with van der Waals surface area (Å²) in [5.41, 5.74) is 3.01. The molecule has 0 amide bonds. The third kappa shape index (κ3) is 3.61. The fourth-order valence-electron chi connectivity index (χ4n) is 3.36. The lowest BCUT2D eigenvalue weighted by Gasteiger charge is -2.35. The molecule has 23 heavy (non-hydrogen) atoms. The number of aryl methyl sites for hydroxylation is 1. The van der Waals surface area contributed by atoms with Crippen LogP contribution in [-0.4, -0.2) is 43.6 Å². The molecule has 1 saturated heterocycles. The first-order valence-electron chi connectivity index (χ1n) is 8.58. The topological polar surface area (TPSA) is 46.8 Å². The molecule has 0 unspecified atom stereocenters. The normalized spacial score (nSPS) is 19.4. The minimum Gasteiger partial charge on any atom is -0.330 e. The summed E-state index contributed by atoms with van der Waals surface area (Å²) in [6.45, 7) is 8.98. The summed E-state index contributed by atoms with van der Waals surface area (Å²) in [7, 11) is 2.01. The van der Waals surface area contributed by atoms with Crippen LogP contribution in [0.25, 0.3) is 11.4 Å². The first kappa shape index (κ1) is 16.1. The number of aromatic nitrogens is 4. The fraction of sp³-hybridized carbons (Fsp3) is 0.611. The van der Waals surface area contributed by atoms with Crippen molar-refractivity contribution in [3.63, 3.8) is 0 Å². The highest BCUT2D eigenvalue weighted by Gasteiger charge is 2.22. The number of rotatable bonds is 4. The summed E-state index contributed by atoms with van der Waals surface area (Å²) < 4.78 is 2.05. The van der Waals surface area contributed by atoms with E-state index < -0.39 is 0 Å². The molecule has 5 nitrogen and oxygen atoms in total. The van der Waals surface area contributed by atoms with E-state index >= 15 is 0 Å². The van der Waals surface area contributed by atoms with Gasteiger partial charge in [-0.25, -0.2) is 4.98 Å². The van der Waals surface area contributed by atoms with Crippen LogP contribution >= 0.6 is 0 Å². The van der Waals surface area contributed by atoms with Gasteiger partial charge in [0.1, 0.15) is 11.5 Å². The van der Waals surface area contributed by atoms with Gasteiger partial charge in [0.25, 0.3) is 0 Å². The number of hydrogen-bond acceptors (Lipinski definition) is 4. The third-order valence-electron chi connectivity index (χ3n) is 4.97. The average molecular weight is 313 g/mol. The quantitative estimate of drug-likeness (QED) is 0.871. The maximum atomic E-state index is 4.65. The Morgan fingerprint density at radius 1 is 1.17 bits per heavy atom. The molecule has 0 radical (unpaired) electrons. The first-order valence-corrected chi connectivity index (χ1v) is 8.58. The van der Waals surface area contributed by atoms with Gasteiger partial charge in [-0.05, 0) is 52.5 Å². The molecule has 1 aliphatic rings. The molecule has 2 aromatic rings. The van der Waals surface area contributed by atoms with Crippen LogP contribution in [0.15, 0.2) is 18.6 Å². The molecule has 0 aromatic carbocycles. The van der Waals surface area contributed by atoms with Crippen LogP contribution in [0.5, 0.6) is 0 Å². The Labute approximate surface area is 138 Å². The van der Waals surface area contributed by atoms with E-state index in [1.807, 2.05) is 37.1 Å². The standard InChI is InChI=1S/C18H27N5/c1-13(2)23-7-5-6-15(12-23)8-16-9-21-17(10-20-16)18-11-19-14(3)22(18)4/h9-11,13,15H,5-8,12H2,1-4H3/t15-/m1/s1. The number of likely N-dealkylation sites (tertiary alicyclic amines) is 1. The van der Waals surface area contributed by atoms with Gasteiger partial charge in [-0.15, -0.1) is 0 Å². The van der Waals surface area contributed by atoms with Crippen molar-refractivity contribution in [1.29, 1.82) is 0 Å². The molecule has 2 aromatic heterocycles. The lowest BCUT2D eigenvalue weighted by molar-refractivity contribution is 0.139. The van der Waals surface area contributed by atoms with E-state index in [1.165, 1.54) is 25.9 Å².